The molecule has 1 rings (SSSR count). The smallest absolute Gasteiger partial charge is 0.214 e. The Kier molecular flexibility index (Phi) is 5.17. The number of aromatic nitrogens is 2. The first-order valence-corrected chi connectivity index (χ1v) is 4.37. The Morgan fingerprint density at radius 3 is 2.42 bits per heavy atom. The van der Waals surface area contributed by atoms with E-state index in [4.69, 9.17) is 4.74 Å². The second-order valence-corrected chi connectivity index (χ2v) is 2.19. The molecule has 0 fully saturated rings. The van der Waals surface area contributed by atoms with Crippen molar-refractivity contribution in [2.75, 3.05) is 6.61 Å². The molecule has 0 aliphatic heterocycles. The monoisotopic (exact) mass is 170 g/mol. The molecule has 12 heavy (non-hydrogen) atoms. The fourth-order valence-electron chi connectivity index (χ4n) is 0.880. The van der Waals surface area contributed by atoms with Crippen LogP contribution in [0.1, 0.15) is 26.3 Å². The third kappa shape index (κ3) is 2.57. The van der Waals surface area contributed by atoms with E-state index >= 15 is 0 Å². The predicted molar refractivity (Wildman–Crippen MR) is 50.5 cm³/mol. The van der Waals surface area contributed by atoms with E-state index in [0.717, 1.165) is 11.4 Å². The van der Waals surface area contributed by atoms with Gasteiger partial charge in [-0.3, -0.25) is 0 Å². The number of rotatable bonds is 2. The lowest BCUT2D eigenvalue weighted by Gasteiger charge is -2.02. The van der Waals surface area contributed by atoms with Gasteiger partial charge in [-0.05, 0) is 13.8 Å². The Bertz CT molecular complexity index is 199. The Hall–Kier alpha value is -0.990. The van der Waals surface area contributed by atoms with Crippen molar-refractivity contribution in [1.82, 2.24) is 9.78 Å². The second kappa shape index (κ2) is 5.63. The van der Waals surface area contributed by atoms with Crippen molar-refractivity contribution >= 4 is 0 Å². The minimum absolute atomic E-state index is 0.695. The zero-order valence-corrected chi connectivity index (χ0v) is 8.59. The molecule has 1 heterocycles. The van der Waals surface area contributed by atoms with Crippen LogP contribution in [0.3, 0.4) is 0 Å². The molecule has 3 heteroatoms. The van der Waals surface area contributed by atoms with Gasteiger partial charge < -0.3 is 4.74 Å². The molecule has 0 spiro atoms. The van der Waals surface area contributed by atoms with Crippen LogP contribution in [0.4, 0.5) is 0 Å². The van der Waals surface area contributed by atoms with Gasteiger partial charge in [-0.25, -0.2) is 4.68 Å². The van der Waals surface area contributed by atoms with Crippen molar-refractivity contribution in [3.63, 3.8) is 0 Å². The molecule has 70 valence electrons. The summed E-state index contributed by atoms with van der Waals surface area (Å²) in [5.41, 5.74) is 1.09. The first kappa shape index (κ1) is 11.0. The molecule has 0 N–H and O–H groups in total. The maximum atomic E-state index is 5.31. The van der Waals surface area contributed by atoms with Gasteiger partial charge in [0.25, 0.3) is 0 Å². The van der Waals surface area contributed by atoms with Crippen molar-refractivity contribution in [3.05, 3.63) is 11.8 Å². The fraction of sp³-hybridized carbons (Fsp3) is 0.667. The average Bonchev–Trinajstić information content (AvgIpc) is 2.40. The lowest BCUT2D eigenvalue weighted by Crippen LogP contribution is -1.99. The molecule has 0 atom stereocenters. The number of hydrogen-bond acceptors (Lipinski definition) is 2. The highest BCUT2D eigenvalue weighted by Crippen LogP contribution is 2.14. The summed E-state index contributed by atoms with van der Waals surface area (Å²) in [5, 5.41) is 4.03. The largest absolute Gasteiger partial charge is 0.478 e. The molecule has 0 saturated heterocycles. The number of ether oxygens (including phenoxy) is 1. The topological polar surface area (TPSA) is 27.1 Å². The van der Waals surface area contributed by atoms with E-state index in [1.165, 1.54) is 0 Å². The quantitative estimate of drug-likeness (QED) is 0.680. The summed E-state index contributed by atoms with van der Waals surface area (Å²) < 4.78 is 7.04. The van der Waals surface area contributed by atoms with Crippen molar-refractivity contribution in [2.24, 2.45) is 7.05 Å². The number of hydrogen-bond donors (Lipinski definition) is 0. The van der Waals surface area contributed by atoms with Crippen molar-refractivity contribution in [1.29, 1.82) is 0 Å². The molecule has 0 aliphatic carbocycles. The molecule has 0 aliphatic rings. The summed E-state index contributed by atoms with van der Waals surface area (Å²) in [4.78, 5) is 0. The van der Waals surface area contributed by atoms with Crippen LogP contribution in [-0.4, -0.2) is 16.4 Å². The minimum Gasteiger partial charge on any atom is -0.478 e. The van der Waals surface area contributed by atoms with Gasteiger partial charge in [0.2, 0.25) is 5.88 Å². The standard InChI is InChI=1S/C7H12N2O.C2H6/c1-4-10-7-6(2)5-8-9(7)3;1-2/h5H,4H2,1-3H3;1-2H3. The van der Waals surface area contributed by atoms with Gasteiger partial charge >= 0.3 is 0 Å². The zero-order valence-electron chi connectivity index (χ0n) is 8.59. The van der Waals surface area contributed by atoms with Crippen molar-refractivity contribution in [3.8, 4) is 5.88 Å². The SMILES string of the molecule is CC.CCOc1c(C)cnn1C. The molecule has 1 aromatic rings. The van der Waals surface area contributed by atoms with Gasteiger partial charge in [-0.2, -0.15) is 5.10 Å². The summed E-state index contributed by atoms with van der Waals surface area (Å²) in [5.74, 6) is 0.863. The molecule has 3 nitrogen and oxygen atoms in total. The van der Waals surface area contributed by atoms with Crippen LogP contribution in [0.25, 0.3) is 0 Å². The van der Waals surface area contributed by atoms with Gasteiger partial charge in [0, 0.05) is 12.6 Å². The van der Waals surface area contributed by atoms with E-state index in [0.29, 0.717) is 6.61 Å². The Balaban J connectivity index is 0.000000561. The van der Waals surface area contributed by atoms with Gasteiger partial charge in [-0.1, -0.05) is 13.8 Å². The minimum atomic E-state index is 0.695. The average molecular weight is 170 g/mol. The fourth-order valence-corrected chi connectivity index (χ4v) is 0.880. The third-order valence-corrected chi connectivity index (χ3v) is 1.34. The van der Waals surface area contributed by atoms with Gasteiger partial charge in [-0.15, -0.1) is 0 Å². The summed E-state index contributed by atoms with van der Waals surface area (Å²) in [7, 11) is 1.87. The third-order valence-electron chi connectivity index (χ3n) is 1.34. The molecular formula is C9H18N2O. The van der Waals surface area contributed by atoms with Gasteiger partial charge in [0.05, 0.1) is 12.8 Å². The molecule has 0 amide bonds. The first-order chi connectivity index (χ1) is 5.75. The Labute approximate surface area is 74.3 Å². The summed E-state index contributed by atoms with van der Waals surface area (Å²) in [6.07, 6.45) is 1.80. The highest BCUT2D eigenvalue weighted by molar-refractivity contribution is 5.21. The Morgan fingerprint density at radius 2 is 2.08 bits per heavy atom. The highest BCUT2D eigenvalue weighted by Gasteiger charge is 2.02. The maximum Gasteiger partial charge on any atom is 0.214 e. The first-order valence-electron chi connectivity index (χ1n) is 4.37. The van der Waals surface area contributed by atoms with Gasteiger partial charge in [0.1, 0.15) is 0 Å². The predicted octanol–water partition coefficient (Wildman–Crippen LogP) is 2.15. The Morgan fingerprint density at radius 1 is 1.50 bits per heavy atom. The van der Waals surface area contributed by atoms with Gasteiger partial charge in [0.15, 0.2) is 0 Å². The lowest BCUT2D eigenvalue weighted by molar-refractivity contribution is 0.307. The summed E-state index contributed by atoms with van der Waals surface area (Å²) in [6.45, 7) is 8.64. The molecule has 1 aromatic heterocycles. The van der Waals surface area contributed by atoms with Crippen LogP contribution in [0.2, 0.25) is 0 Å². The lowest BCUT2D eigenvalue weighted by atomic mass is 10.4. The highest BCUT2D eigenvalue weighted by atomic mass is 16.5. The zero-order chi connectivity index (χ0) is 9.56. The van der Waals surface area contributed by atoms with E-state index in [-0.39, 0.29) is 0 Å². The van der Waals surface area contributed by atoms with Crippen LogP contribution < -0.4 is 4.74 Å². The van der Waals surface area contributed by atoms with Crippen LogP contribution >= 0.6 is 0 Å². The van der Waals surface area contributed by atoms with Crippen molar-refractivity contribution < 1.29 is 4.74 Å². The summed E-state index contributed by atoms with van der Waals surface area (Å²) in [6, 6.07) is 0. The van der Waals surface area contributed by atoms with Crippen LogP contribution in [0.5, 0.6) is 5.88 Å². The molecular weight excluding hydrogens is 152 g/mol. The molecule has 0 radical (unpaired) electrons. The number of nitrogens with zero attached hydrogens (tertiary/aromatic N) is 2. The maximum absolute atomic E-state index is 5.31. The van der Waals surface area contributed by atoms with E-state index in [1.807, 2.05) is 34.7 Å². The second-order valence-electron chi connectivity index (χ2n) is 2.19. The van der Waals surface area contributed by atoms with E-state index in [1.54, 1.807) is 10.9 Å². The van der Waals surface area contributed by atoms with E-state index in [9.17, 15) is 0 Å². The molecule has 0 aromatic carbocycles. The molecule has 0 bridgehead atoms. The van der Waals surface area contributed by atoms with Crippen LogP contribution in [0.15, 0.2) is 6.20 Å². The van der Waals surface area contributed by atoms with Crippen molar-refractivity contribution in [2.45, 2.75) is 27.7 Å². The molecule has 0 unspecified atom stereocenters. The normalized spacial score (nSPS) is 8.75. The van der Waals surface area contributed by atoms with Crippen LogP contribution in [-0.2, 0) is 7.05 Å². The number of aryl methyl sites for hydroxylation is 2. The van der Waals surface area contributed by atoms with E-state index in [2.05, 4.69) is 5.10 Å². The van der Waals surface area contributed by atoms with Crippen LogP contribution in [0, 0.1) is 6.92 Å². The summed E-state index contributed by atoms with van der Waals surface area (Å²) >= 11 is 0. The van der Waals surface area contributed by atoms with E-state index < -0.39 is 0 Å². The molecule has 0 saturated carbocycles.